The second-order valence-electron chi connectivity index (χ2n) is 4.65. The number of hydrogen-bond donors (Lipinski definition) is 1. The van der Waals surface area contributed by atoms with E-state index in [9.17, 15) is 0 Å². The van der Waals surface area contributed by atoms with E-state index in [0.29, 0.717) is 11.2 Å². The topological polar surface area (TPSA) is 55.0 Å². The number of aromatic nitrogens is 2. The first-order chi connectivity index (χ1) is 8.74. The highest BCUT2D eigenvalue weighted by molar-refractivity contribution is 7.13. The summed E-state index contributed by atoms with van der Waals surface area (Å²) in [5.41, 5.74) is 8.05. The number of anilines is 2. The summed E-state index contributed by atoms with van der Waals surface area (Å²) < 4.78 is 0. The number of nitrogen functional groups attached to an aromatic ring is 1. The smallest absolute Gasteiger partial charge is 0.180 e. The van der Waals surface area contributed by atoms with Gasteiger partial charge >= 0.3 is 0 Å². The molecule has 3 heterocycles. The van der Waals surface area contributed by atoms with Crippen LogP contribution in [0.1, 0.15) is 30.1 Å². The van der Waals surface area contributed by atoms with Crippen LogP contribution in [0.2, 0.25) is 0 Å². The summed E-state index contributed by atoms with van der Waals surface area (Å²) in [4.78, 5) is 11.2. The van der Waals surface area contributed by atoms with Crippen LogP contribution in [0.25, 0.3) is 0 Å². The quantitative estimate of drug-likeness (QED) is 0.902. The minimum absolute atomic E-state index is 0.327. The average Bonchev–Trinajstić information content (AvgIpc) is 2.96. The second-order valence-corrected chi connectivity index (χ2v) is 5.54. The SMILES string of the molecule is Cc1ccnc(N2CCC[C@@H]2c2csc(N)n2)c1. The fourth-order valence-electron chi connectivity index (χ4n) is 2.48. The maximum Gasteiger partial charge on any atom is 0.180 e. The lowest BCUT2D eigenvalue weighted by Gasteiger charge is -2.24. The third-order valence-electron chi connectivity index (χ3n) is 3.33. The Bertz CT molecular complexity index is 551. The van der Waals surface area contributed by atoms with Crippen LogP contribution in [-0.2, 0) is 0 Å². The van der Waals surface area contributed by atoms with Crippen LogP contribution in [0.3, 0.4) is 0 Å². The van der Waals surface area contributed by atoms with Gasteiger partial charge in [0.25, 0.3) is 0 Å². The third-order valence-corrected chi connectivity index (χ3v) is 4.02. The molecule has 3 rings (SSSR count). The van der Waals surface area contributed by atoms with Gasteiger partial charge in [-0.25, -0.2) is 9.97 Å². The number of nitrogens with two attached hydrogens (primary N) is 1. The van der Waals surface area contributed by atoms with Crippen LogP contribution < -0.4 is 10.6 Å². The van der Waals surface area contributed by atoms with Crippen molar-refractivity contribution in [1.29, 1.82) is 0 Å². The molecule has 0 bridgehead atoms. The molecular weight excluding hydrogens is 244 g/mol. The molecule has 0 amide bonds. The summed E-state index contributed by atoms with van der Waals surface area (Å²) in [6.07, 6.45) is 4.17. The van der Waals surface area contributed by atoms with Crippen LogP contribution in [-0.4, -0.2) is 16.5 Å². The molecule has 1 saturated heterocycles. The van der Waals surface area contributed by atoms with Crippen molar-refractivity contribution in [3.8, 4) is 0 Å². The van der Waals surface area contributed by atoms with Gasteiger partial charge in [0.1, 0.15) is 5.82 Å². The largest absolute Gasteiger partial charge is 0.375 e. The van der Waals surface area contributed by atoms with Crippen molar-refractivity contribution < 1.29 is 0 Å². The molecule has 0 unspecified atom stereocenters. The van der Waals surface area contributed by atoms with Crippen molar-refractivity contribution in [3.05, 3.63) is 35.0 Å². The molecule has 0 spiro atoms. The lowest BCUT2D eigenvalue weighted by molar-refractivity contribution is 0.693. The lowest BCUT2D eigenvalue weighted by Crippen LogP contribution is -2.23. The average molecular weight is 260 g/mol. The van der Waals surface area contributed by atoms with Gasteiger partial charge in [0.15, 0.2) is 5.13 Å². The molecule has 2 aromatic heterocycles. The van der Waals surface area contributed by atoms with Gasteiger partial charge in [-0.1, -0.05) is 0 Å². The lowest BCUT2D eigenvalue weighted by atomic mass is 10.1. The highest BCUT2D eigenvalue weighted by atomic mass is 32.1. The van der Waals surface area contributed by atoms with E-state index in [-0.39, 0.29) is 0 Å². The Morgan fingerprint density at radius 1 is 1.50 bits per heavy atom. The summed E-state index contributed by atoms with van der Waals surface area (Å²) in [5.74, 6) is 1.05. The van der Waals surface area contributed by atoms with Crippen molar-refractivity contribution in [3.63, 3.8) is 0 Å². The fourth-order valence-corrected chi connectivity index (χ4v) is 3.09. The van der Waals surface area contributed by atoms with E-state index >= 15 is 0 Å². The third kappa shape index (κ3) is 2.06. The molecule has 0 saturated carbocycles. The molecular formula is C13H16N4S. The summed E-state index contributed by atoms with van der Waals surface area (Å²) in [6, 6.07) is 4.48. The van der Waals surface area contributed by atoms with Gasteiger partial charge < -0.3 is 10.6 Å². The molecule has 2 aromatic rings. The minimum atomic E-state index is 0.327. The van der Waals surface area contributed by atoms with Crippen molar-refractivity contribution in [2.75, 3.05) is 17.2 Å². The number of pyridine rings is 1. The zero-order valence-corrected chi connectivity index (χ0v) is 11.2. The van der Waals surface area contributed by atoms with E-state index in [1.807, 2.05) is 12.3 Å². The highest BCUT2D eigenvalue weighted by Crippen LogP contribution is 2.35. The van der Waals surface area contributed by atoms with Crippen molar-refractivity contribution in [2.45, 2.75) is 25.8 Å². The van der Waals surface area contributed by atoms with E-state index < -0.39 is 0 Å². The van der Waals surface area contributed by atoms with Crippen LogP contribution in [0.5, 0.6) is 0 Å². The summed E-state index contributed by atoms with van der Waals surface area (Å²) in [5, 5.41) is 2.71. The van der Waals surface area contributed by atoms with Gasteiger partial charge in [-0.05, 0) is 37.5 Å². The van der Waals surface area contributed by atoms with Gasteiger partial charge in [-0.15, -0.1) is 11.3 Å². The molecule has 1 aliphatic rings. The Morgan fingerprint density at radius 3 is 3.11 bits per heavy atom. The molecule has 94 valence electrons. The number of rotatable bonds is 2. The summed E-state index contributed by atoms with van der Waals surface area (Å²) in [6.45, 7) is 3.13. The standard InChI is InChI=1S/C13H16N4S/c1-9-4-5-15-12(7-9)17-6-2-3-11(17)10-8-18-13(14)16-10/h4-5,7-8,11H,2-3,6H2,1H3,(H2,14,16)/t11-/m1/s1. The highest BCUT2D eigenvalue weighted by Gasteiger charge is 2.28. The van der Waals surface area contributed by atoms with Gasteiger partial charge in [-0.3, -0.25) is 0 Å². The Morgan fingerprint density at radius 2 is 2.39 bits per heavy atom. The van der Waals surface area contributed by atoms with Crippen molar-refractivity contribution in [1.82, 2.24) is 9.97 Å². The van der Waals surface area contributed by atoms with E-state index in [2.05, 4.69) is 33.2 Å². The first-order valence-corrected chi connectivity index (χ1v) is 7.02. The Labute approximate surface area is 110 Å². The van der Waals surface area contributed by atoms with E-state index in [0.717, 1.165) is 24.5 Å². The molecule has 0 aromatic carbocycles. The Balaban J connectivity index is 1.92. The van der Waals surface area contributed by atoms with Crippen LogP contribution >= 0.6 is 11.3 Å². The van der Waals surface area contributed by atoms with Crippen LogP contribution in [0.15, 0.2) is 23.7 Å². The predicted molar refractivity (Wildman–Crippen MR) is 74.8 cm³/mol. The van der Waals surface area contributed by atoms with Crippen LogP contribution in [0, 0.1) is 6.92 Å². The normalized spacial score (nSPS) is 19.4. The van der Waals surface area contributed by atoms with Crippen molar-refractivity contribution >= 4 is 22.3 Å². The molecule has 18 heavy (non-hydrogen) atoms. The second kappa shape index (κ2) is 4.57. The number of aryl methyl sites for hydroxylation is 1. The zero-order valence-electron chi connectivity index (χ0n) is 10.3. The maximum absolute atomic E-state index is 5.73. The number of hydrogen-bond acceptors (Lipinski definition) is 5. The van der Waals surface area contributed by atoms with E-state index in [4.69, 9.17) is 5.73 Å². The monoisotopic (exact) mass is 260 g/mol. The van der Waals surface area contributed by atoms with E-state index in [1.54, 1.807) is 0 Å². The summed E-state index contributed by atoms with van der Waals surface area (Å²) >= 11 is 1.51. The number of thiazole rings is 1. The molecule has 1 aliphatic heterocycles. The Hall–Kier alpha value is -1.62. The molecule has 1 fully saturated rings. The molecule has 0 radical (unpaired) electrons. The molecule has 1 atom stereocenters. The predicted octanol–water partition coefficient (Wildman–Crippen LogP) is 2.77. The molecule has 2 N–H and O–H groups in total. The minimum Gasteiger partial charge on any atom is -0.375 e. The van der Waals surface area contributed by atoms with Gasteiger partial charge in [0, 0.05) is 18.1 Å². The van der Waals surface area contributed by atoms with Crippen molar-refractivity contribution in [2.24, 2.45) is 0 Å². The maximum atomic E-state index is 5.73. The molecule has 4 nitrogen and oxygen atoms in total. The van der Waals surface area contributed by atoms with Gasteiger partial charge in [-0.2, -0.15) is 0 Å². The molecule has 5 heteroatoms. The van der Waals surface area contributed by atoms with Gasteiger partial charge in [0.2, 0.25) is 0 Å². The first kappa shape index (κ1) is 11.5. The van der Waals surface area contributed by atoms with E-state index in [1.165, 1.54) is 23.3 Å². The Kier molecular flexibility index (Phi) is 2.91. The van der Waals surface area contributed by atoms with Gasteiger partial charge in [0.05, 0.1) is 11.7 Å². The molecule has 0 aliphatic carbocycles. The fraction of sp³-hybridized carbons (Fsp3) is 0.385. The van der Waals surface area contributed by atoms with Crippen LogP contribution in [0.4, 0.5) is 10.9 Å². The first-order valence-electron chi connectivity index (χ1n) is 6.14. The number of nitrogens with zero attached hydrogens (tertiary/aromatic N) is 3. The summed E-state index contributed by atoms with van der Waals surface area (Å²) in [7, 11) is 0. The zero-order chi connectivity index (χ0) is 12.5.